The van der Waals surface area contributed by atoms with Gasteiger partial charge in [-0.15, -0.1) is 0 Å². The predicted octanol–water partition coefficient (Wildman–Crippen LogP) is 5.49. The van der Waals surface area contributed by atoms with Crippen molar-refractivity contribution in [2.45, 2.75) is 59.0 Å². The van der Waals surface area contributed by atoms with Crippen molar-refractivity contribution in [3.05, 3.63) is 101 Å². The third-order valence-electron chi connectivity index (χ3n) is 6.23. The summed E-state index contributed by atoms with van der Waals surface area (Å²) in [6.07, 6.45) is 3.26. The van der Waals surface area contributed by atoms with Crippen LogP contribution >= 0.6 is 0 Å². The summed E-state index contributed by atoms with van der Waals surface area (Å²) in [5, 5.41) is 3.05. The molecule has 0 aliphatic heterocycles. The molecule has 1 atom stereocenters. The molecule has 0 bridgehead atoms. The van der Waals surface area contributed by atoms with E-state index in [4.69, 9.17) is 4.74 Å². The summed E-state index contributed by atoms with van der Waals surface area (Å²) < 4.78 is 5.87. The number of benzene rings is 3. The molecule has 190 valence electrons. The molecule has 0 spiro atoms. The normalized spacial score (nSPS) is 11.5. The van der Waals surface area contributed by atoms with Gasteiger partial charge in [0.25, 0.3) is 5.91 Å². The molecule has 5 heteroatoms. The zero-order valence-electron chi connectivity index (χ0n) is 21.7. The number of hydrogen-bond donors (Lipinski definition) is 1. The van der Waals surface area contributed by atoms with Gasteiger partial charge < -0.3 is 15.0 Å². The van der Waals surface area contributed by atoms with Crippen molar-refractivity contribution >= 4 is 11.8 Å². The fourth-order valence-electron chi connectivity index (χ4n) is 4.12. The predicted molar refractivity (Wildman–Crippen MR) is 145 cm³/mol. The Morgan fingerprint density at radius 1 is 0.889 bits per heavy atom. The molecule has 5 nitrogen and oxygen atoms in total. The van der Waals surface area contributed by atoms with Crippen molar-refractivity contribution in [3.8, 4) is 5.75 Å². The van der Waals surface area contributed by atoms with Crippen LogP contribution in [0.15, 0.2) is 78.9 Å². The molecule has 36 heavy (non-hydrogen) atoms. The molecule has 0 radical (unpaired) electrons. The summed E-state index contributed by atoms with van der Waals surface area (Å²) in [4.78, 5) is 28.7. The Morgan fingerprint density at radius 2 is 1.61 bits per heavy atom. The fraction of sp³-hybridized carbons (Fsp3) is 0.355. The number of rotatable bonds is 13. The van der Waals surface area contributed by atoms with Crippen molar-refractivity contribution in [2.24, 2.45) is 0 Å². The monoisotopic (exact) mass is 486 g/mol. The van der Waals surface area contributed by atoms with Crippen LogP contribution in [-0.2, 0) is 29.0 Å². The van der Waals surface area contributed by atoms with Crippen LogP contribution in [0.3, 0.4) is 0 Å². The van der Waals surface area contributed by atoms with Crippen LogP contribution in [-0.4, -0.2) is 35.9 Å². The highest BCUT2D eigenvalue weighted by molar-refractivity contribution is 5.88. The van der Waals surface area contributed by atoms with Crippen molar-refractivity contribution in [2.75, 3.05) is 13.2 Å². The number of amides is 2. The number of aryl methyl sites for hydroxylation is 2. The molecule has 0 saturated heterocycles. The Balaban J connectivity index is 1.86. The fourth-order valence-corrected chi connectivity index (χ4v) is 4.12. The van der Waals surface area contributed by atoms with E-state index < -0.39 is 6.04 Å². The Bertz CT molecular complexity index is 1100. The van der Waals surface area contributed by atoms with Crippen LogP contribution < -0.4 is 10.1 Å². The maximum Gasteiger partial charge on any atom is 0.261 e. The molecular formula is C31H38N2O3. The third-order valence-corrected chi connectivity index (χ3v) is 6.23. The zero-order chi connectivity index (χ0) is 25.8. The summed E-state index contributed by atoms with van der Waals surface area (Å²) >= 11 is 0. The summed E-state index contributed by atoms with van der Waals surface area (Å²) in [6, 6.07) is 25.0. The first kappa shape index (κ1) is 27.0. The lowest BCUT2D eigenvalue weighted by atomic mass is 10.0. The molecular weight excluding hydrogens is 448 g/mol. The SMILES string of the molecule is CCCCNC(=O)C(Cc1ccccc1)N(Cc1cccc(C)c1)C(=O)COc1ccc(CC)cc1. The number of carbonyl (C=O) groups is 2. The molecule has 1 unspecified atom stereocenters. The van der Waals surface area contributed by atoms with Crippen molar-refractivity contribution in [1.82, 2.24) is 10.2 Å². The number of hydrogen-bond acceptors (Lipinski definition) is 3. The number of nitrogens with zero attached hydrogens (tertiary/aromatic N) is 1. The van der Waals surface area contributed by atoms with Crippen LogP contribution in [0.4, 0.5) is 0 Å². The first-order chi connectivity index (χ1) is 17.5. The second kappa shape index (κ2) is 14.1. The van der Waals surface area contributed by atoms with E-state index in [2.05, 4.69) is 25.2 Å². The average Bonchev–Trinajstić information content (AvgIpc) is 2.90. The lowest BCUT2D eigenvalue weighted by molar-refractivity contribution is -0.142. The largest absolute Gasteiger partial charge is 0.484 e. The maximum absolute atomic E-state index is 13.6. The summed E-state index contributed by atoms with van der Waals surface area (Å²) in [6.45, 7) is 7.00. The standard InChI is InChI=1S/C31H38N2O3/c1-4-6-19-32-31(35)29(21-26-12-8-7-9-13-26)33(22-27-14-10-11-24(3)20-27)30(34)23-36-28-17-15-25(5-2)16-18-28/h7-18,20,29H,4-6,19,21-23H2,1-3H3,(H,32,35). The van der Waals surface area contributed by atoms with E-state index >= 15 is 0 Å². The van der Waals surface area contributed by atoms with E-state index in [-0.39, 0.29) is 18.4 Å². The average molecular weight is 487 g/mol. The molecule has 0 aliphatic rings. The van der Waals surface area contributed by atoms with E-state index in [1.807, 2.05) is 79.7 Å². The zero-order valence-corrected chi connectivity index (χ0v) is 21.7. The van der Waals surface area contributed by atoms with Gasteiger partial charge in [-0.3, -0.25) is 9.59 Å². The number of nitrogens with one attached hydrogen (secondary N) is 1. The van der Waals surface area contributed by atoms with Crippen LogP contribution in [0.25, 0.3) is 0 Å². The lowest BCUT2D eigenvalue weighted by Gasteiger charge is -2.31. The highest BCUT2D eigenvalue weighted by Crippen LogP contribution is 2.17. The Hall–Kier alpha value is -3.60. The van der Waals surface area contributed by atoms with E-state index in [0.717, 1.165) is 36.0 Å². The van der Waals surface area contributed by atoms with Crippen molar-refractivity contribution < 1.29 is 14.3 Å². The van der Waals surface area contributed by atoms with Gasteiger partial charge >= 0.3 is 0 Å². The van der Waals surface area contributed by atoms with Gasteiger partial charge in [0.2, 0.25) is 5.91 Å². The Kier molecular flexibility index (Phi) is 10.6. The van der Waals surface area contributed by atoms with E-state index in [1.54, 1.807) is 4.90 Å². The molecule has 0 saturated carbocycles. The molecule has 0 heterocycles. The van der Waals surface area contributed by atoms with E-state index in [9.17, 15) is 9.59 Å². The van der Waals surface area contributed by atoms with E-state index in [0.29, 0.717) is 25.3 Å². The quantitative estimate of drug-likeness (QED) is 0.325. The van der Waals surface area contributed by atoms with Gasteiger partial charge in [0.15, 0.2) is 6.61 Å². The summed E-state index contributed by atoms with van der Waals surface area (Å²) in [5.74, 6) is 0.284. The molecule has 0 aromatic heterocycles. The van der Waals surface area contributed by atoms with Gasteiger partial charge in [0.1, 0.15) is 11.8 Å². The van der Waals surface area contributed by atoms with Gasteiger partial charge in [-0.2, -0.15) is 0 Å². The summed E-state index contributed by atoms with van der Waals surface area (Å²) in [7, 11) is 0. The lowest BCUT2D eigenvalue weighted by Crippen LogP contribution is -2.51. The molecule has 3 rings (SSSR count). The third kappa shape index (κ3) is 8.26. The van der Waals surface area contributed by atoms with E-state index in [1.165, 1.54) is 5.56 Å². The molecule has 0 aliphatic carbocycles. The topological polar surface area (TPSA) is 58.6 Å². The van der Waals surface area contributed by atoms with Crippen LogP contribution in [0.5, 0.6) is 5.75 Å². The summed E-state index contributed by atoms with van der Waals surface area (Å²) in [5.41, 5.74) is 4.31. The minimum absolute atomic E-state index is 0.134. The van der Waals surface area contributed by atoms with Crippen LogP contribution in [0.1, 0.15) is 48.9 Å². The Labute approximate surface area is 215 Å². The Morgan fingerprint density at radius 3 is 2.28 bits per heavy atom. The van der Waals surface area contributed by atoms with Gasteiger partial charge in [0, 0.05) is 19.5 Å². The molecule has 2 amide bonds. The van der Waals surface area contributed by atoms with Crippen LogP contribution in [0, 0.1) is 6.92 Å². The van der Waals surface area contributed by atoms with Gasteiger partial charge in [-0.25, -0.2) is 0 Å². The highest BCUT2D eigenvalue weighted by atomic mass is 16.5. The van der Waals surface area contributed by atoms with Gasteiger partial charge in [0.05, 0.1) is 0 Å². The van der Waals surface area contributed by atoms with Gasteiger partial charge in [-0.05, 0) is 48.6 Å². The second-order valence-electron chi connectivity index (χ2n) is 9.15. The molecule has 1 N–H and O–H groups in total. The second-order valence-corrected chi connectivity index (χ2v) is 9.15. The van der Waals surface area contributed by atoms with Crippen molar-refractivity contribution in [1.29, 1.82) is 0 Å². The molecule has 3 aromatic carbocycles. The first-order valence-electron chi connectivity index (χ1n) is 12.9. The minimum atomic E-state index is -0.650. The van der Waals surface area contributed by atoms with Crippen molar-refractivity contribution in [3.63, 3.8) is 0 Å². The smallest absolute Gasteiger partial charge is 0.261 e. The number of carbonyl (C=O) groups excluding carboxylic acids is 2. The molecule has 3 aromatic rings. The molecule has 0 fully saturated rings. The van der Waals surface area contributed by atoms with Crippen LogP contribution in [0.2, 0.25) is 0 Å². The first-order valence-corrected chi connectivity index (χ1v) is 12.9. The number of ether oxygens (including phenoxy) is 1. The van der Waals surface area contributed by atoms with Gasteiger partial charge in [-0.1, -0.05) is 92.6 Å². The minimum Gasteiger partial charge on any atom is -0.484 e. The highest BCUT2D eigenvalue weighted by Gasteiger charge is 2.30. The maximum atomic E-state index is 13.6. The number of unbranched alkanes of at least 4 members (excludes halogenated alkanes) is 1.